The zero-order valence-corrected chi connectivity index (χ0v) is 21.7. The van der Waals surface area contributed by atoms with E-state index in [9.17, 15) is 9.59 Å². The number of carbonyl (C=O) groups is 1. The Balaban J connectivity index is 2.19. The van der Waals surface area contributed by atoms with Crippen molar-refractivity contribution >= 4 is 32.9 Å². The molecule has 0 saturated heterocycles. The summed E-state index contributed by atoms with van der Waals surface area (Å²) in [6.07, 6.45) is 0. The molecule has 2 aromatic carbocycles. The summed E-state index contributed by atoms with van der Waals surface area (Å²) in [7, 11) is 3.94. The number of urea groups is 1. The van der Waals surface area contributed by atoms with Crippen molar-refractivity contribution in [3.63, 3.8) is 0 Å². The number of likely N-dealkylation sites (N-methyl/N-ethyl adjacent to an activating group) is 1. The first-order valence-corrected chi connectivity index (χ1v) is 11.8. The Kier molecular flexibility index (Phi) is 7.59. The van der Waals surface area contributed by atoms with E-state index in [1.165, 1.54) is 0 Å². The monoisotopic (exact) mass is 513 g/mol. The molecule has 3 aromatic rings. The number of amides is 2. The molecule has 0 aliphatic rings. The number of nitrogens with one attached hydrogen (secondary N) is 1. The van der Waals surface area contributed by atoms with Gasteiger partial charge in [-0.25, -0.2) is 9.78 Å². The quantitative estimate of drug-likeness (QED) is 0.523. The number of fused-ring (bicyclic) bond motifs is 1. The standard InChI is InChI=1S/C25H32BrN5O2/c1-17(30(16-15-29(5)6)24(33)28-25(2,3)4)22-27-21-10-8-7-9-20(21)23(32)31(22)19-13-11-18(26)12-14-19/h7-14,17H,15-16H2,1-6H3,(H,28,33). The van der Waals surface area contributed by atoms with Gasteiger partial charge in [-0.1, -0.05) is 28.1 Å². The highest BCUT2D eigenvalue weighted by Crippen LogP contribution is 2.24. The van der Waals surface area contributed by atoms with Crippen molar-refractivity contribution in [2.45, 2.75) is 39.3 Å². The molecular weight excluding hydrogens is 482 g/mol. The summed E-state index contributed by atoms with van der Waals surface area (Å²) in [5.74, 6) is 0.517. The molecule has 1 atom stereocenters. The van der Waals surface area contributed by atoms with Crippen LogP contribution in [-0.2, 0) is 0 Å². The largest absolute Gasteiger partial charge is 0.333 e. The molecule has 0 aliphatic carbocycles. The zero-order chi connectivity index (χ0) is 24.3. The number of carbonyl (C=O) groups excluding carboxylic acids is 1. The molecule has 1 N–H and O–H groups in total. The van der Waals surface area contributed by atoms with E-state index in [1.54, 1.807) is 15.5 Å². The number of aromatic nitrogens is 2. The Morgan fingerprint density at radius 1 is 1.09 bits per heavy atom. The fourth-order valence-electron chi connectivity index (χ4n) is 3.58. The van der Waals surface area contributed by atoms with Gasteiger partial charge >= 0.3 is 6.03 Å². The summed E-state index contributed by atoms with van der Waals surface area (Å²) < 4.78 is 2.53. The van der Waals surface area contributed by atoms with Crippen molar-refractivity contribution in [2.24, 2.45) is 0 Å². The lowest BCUT2D eigenvalue weighted by Crippen LogP contribution is -2.51. The van der Waals surface area contributed by atoms with Crippen LogP contribution in [0.4, 0.5) is 4.79 Å². The molecule has 7 nitrogen and oxygen atoms in total. The fourth-order valence-corrected chi connectivity index (χ4v) is 3.84. The minimum Gasteiger partial charge on any atom is -0.333 e. The molecule has 0 fully saturated rings. The first kappa shape index (κ1) is 24.9. The number of nitrogens with zero attached hydrogens (tertiary/aromatic N) is 4. The predicted octanol–water partition coefficient (Wildman–Crippen LogP) is 4.58. The normalized spacial score (nSPS) is 12.7. The molecule has 0 aliphatic heterocycles. The van der Waals surface area contributed by atoms with Crippen LogP contribution in [0, 0.1) is 0 Å². The molecule has 0 spiro atoms. The number of benzene rings is 2. The first-order valence-electron chi connectivity index (χ1n) is 11.0. The second-order valence-electron chi connectivity index (χ2n) is 9.46. The van der Waals surface area contributed by atoms with E-state index in [2.05, 4.69) is 21.2 Å². The van der Waals surface area contributed by atoms with Crippen molar-refractivity contribution in [3.8, 4) is 5.69 Å². The maximum absolute atomic E-state index is 13.6. The lowest BCUT2D eigenvalue weighted by atomic mass is 10.1. The predicted molar refractivity (Wildman–Crippen MR) is 137 cm³/mol. The number of para-hydroxylation sites is 1. The van der Waals surface area contributed by atoms with Crippen molar-refractivity contribution in [1.82, 2.24) is 24.7 Å². The highest BCUT2D eigenvalue weighted by molar-refractivity contribution is 9.10. The van der Waals surface area contributed by atoms with Gasteiger partial charge in [-0.15, -0.1) is 0 Å². The summed E-state index contributed by atoms with van der Waals surface area (Å²) in [6, 6.07) is 14.2. The number of hydrogen-bond donors (Lipinski definition) is 1. The van der Waals surface area contributed by atoms with E-state index in [4.69, 9.17) is 4.98 Å². The molecule has 1 aromatic heterocycles. The third-order valence-corrected chi connectivity index (χ3v) is 5.79. The number of rotatable bonds is 6. The van der Waals surface area contributed by atoms with Crippen LogP contribution < -0.4 is 10.9 Å². The molecule has 1 unspecified atom stereocenters. The molecule has 3 rings (SSSR count). The average Bonchev–Trinajstić information content (AvgIpc) is 2.73. The summed E-state index contributed by atoms with van der Waals surface area (Å²) in [4.78, 5) is 35.6. The first-order chi connectivity index (χ1) is 15.5. The van der Waals surface area contributed by atoms with Gasteiger partial charge in [-0.3, -0.25) is 9.36 Å². The van der Waals surface area contributed by atoms with Crippen molar-refractivity contribution in [1.29, 1.82) is 0 Å². The molecule has 0 radical (unpaired) electrons. The molecule has 0 bridgehead atoms. The summed E-state index contributed by atoms with van der Waals surface area (Å²) in [5, 5.41) is 3.60. The van der Waals surface area contributed by atoms with E-state index >= 15 is 0 Å². The molecule has 2 amide bonds. The van der Waals surface area contributed by atoms with Gasteiger partial charge in [0.25, 0.3) is 5.56 Å². The van der Waals surface area contributed by atoms with E-state index < -0.39 is 11.6 Å². The Morgan fingerprint density at radius 3 is 2.33 bits per heavy atom. The Bertz CT molecular complexity index is 1180. The summed E-state index contributed by atoms with van der Waals surface area (Å²) in [6.45, 7) is 8.93. The number of hydrogen-bond acceptors (Lipinski definition) is 4. The van der Waals surface area contributed by atoms with Crippen LogP contribution in [0.1, 0.15) is 39.6 Å². The van der Waals surface area contributed by atoms with Crippen LogP contribution in [0.25, 0.3) is 16.6 Å². The highest BCUT2D eigenvalue weighted by Gasteiger charge is 2.28. The molecule has 0 saturated carbocycles. The van der Waals surface area contributed by atoms with Gasteiger partial charge in [0, 0.05) is 23.1 Å². The van der Waals surface area contributed by atoms with Gasteiger partial charge in [-0.2, -0.15) is 0 Å². The highest BCUT2D eigenvalue weighted by atomic mass is 79.9. The SMILES string of the molecule is CC(c1nc2ccccc2c(=O)n1-c1ccc(Br)cc1)N(CCN(C)C)C(=O)NC(C)(C)C. The molecule has 176 valence electrons. The van der Waals surface area contributed by atoms with Gasteiger partial charge in [0.1, 0.15) is 5.82 Å². The van der Waals surface area contributed by atoms with Gasteiger partial charge in [0.15, 0.2) is 0 Å². The van der Waals surface area contributed by atoms with Crippen LogP contribution in [-0.4, -0.2) is 58.1 Å². The van der Waals surface area contributed by atoms with E-state index in [0.717, 1.165) is 4.47 Å². The molecule has 8 heteroatoms. The topological polar surface area (TPSA) is 70.5 Å². The van der Waals surface area contributed by atoms with Crippen LogP contribution in [0.3, 0.4) is 0 Å². The minimum atomic E-state index is -0.451. The second-order valence-corrected chi connectivity index (χ2v) is 10.4. The minimum absolute atomic E-state index is 0.159. The van der Waals surface area contributed by atoms with Crippen LogP contribution in [0.5, 0.6) is 0 Å². The van der Waals surface area contributed by atoms with E-state index in [-0.39, 0.29) is 11.6 Å². The summed E-state index contributed by atoms with van der Waals surface area (Å²) >= 11 is 3.46. The lowest BCUT2D eigenvalue weighted by Gasteiger charge is -2.34. The van der Waals surface area contributed by atoms with Crippen molar-refractivity contribution in [3.05, 3.63) is 69.2 Å². The second kappa shape index (κ2) is 10.1. The summed E-state index contributed by atoms with van der Waals surface area (Å²) in [5.41, 5.74) is 0.761. The zero-order valence-electron chi connectivity index (χ0n) is 20.1. The van der Waals surface area contributed by atoms with Crippen LogP contribution >= 0.6 is 15.9 Å². The number of halogens is 1. The third kappa shape index (κ3) is 6.00. The fraction of sp³-hybridized carbons (Fsp3) is 0.400. The molecule has 33 heavy (non-hydrogen) atoms. The Hall–Kier alpha value is -2.71. The van der Waals surface area contributed by atoms with E-state index in [0.29, 0.717) is 35.5 Å². The Morgan fingerprint density at radius 2 is 1.73 bits per heavy atom. The average molecular weight is 514 g/mol. The third-order valence-electron chi connectivity index (χ3n) is 5.26. The molecule has 1 heterocycles. The molecular formula is C25H32BrN5O2. The lowest BCUT2D eigenvalue weighted by molar-refractivity contribution is 0.160. The van der Waals surface area contributed by atoms with Gasteiger partial charge < -0.3 is 15.1 Å². The maximum atomic E-state index is 13.6. The van der Waals surface area contributed by atoms with Gasteiger partial charge in [0.2, 0.25) is 0 Å². The van der Waals surface area contributed by atoms with Gasteiger partial charge in [0.05, 0.1) is 22.6 Å². The Labute approximate surface area is 203 Å². The smallest absolute Gasteiger partial charge is 0.318 e. The van der Waals surface area contributed by atoms with Crippen molar-refractivity contribution in [2.75, 3.05) is 27.2 Å². The maximum Gasteiger partial charge on any atom is 0.318 e. The van der Waals surface area contributed by atoms with Gasteiger partial charge in [-0.05, 0) is 78.2 Å². The van der Waals surface area contributed by atoms with Crippen LogP contribution in [0.2, 0.25) is 0 Å². The van der Waals surface area contributed by atoms with E-state index in [1.807, 2.05) is 89.2 Å². The van der Waals surface area contributed by atoms with Crippen molar-refractivity contribution < 1.29 is 4.79 Å². The van der Waals surface area contributed by atoms with Crippen LogP contribution in [0.15, 0.2) is 57.8 Å².